The summed E-state index contributed by atoms with van der Waals surface area (Å²) in [5.41, 5.74) is -0.500. The number of carbonyl (C=O) groups is 1. The predicted octanol–water partition coefficient (Wildman–Crippen LogP) is 0.638. The van der Waals surface area contributed by atoms with Crippen LogP contribution in [0.5, 0.6) is 0 Å². The van der Waals surface area contributed by atoms with E-state index in [-0.39, 0.29) is 5.97 Å². The Hall–Kier alpha value is -0.650. The van der Waals surface area contributed by atoms with Crippen molar-refractivity contribution in [2.75, 3.05) is 41.0 Å². The van der Waals surface area contributed by atoms with Gasteiger partial charge in [-0.1, -0.05) is 6.92 Å². The van der Waals surface area contributed by atoms with Crippen molar-refractivity contribution in [2.45, 2.75) is 37.8 Å². The molecule has 0 heterocycles. The molecule has 2 atom stereocenters. The molecule has 0 aliphatic heterocycles. The van der Waals surface area contributed by atoms with Gasteiger partial charge >= 0.3 is 5.97 Å². The second kappa shape index (κ2) is 7.07. The number of nitrogens with zero attached hydrogens (tertiary/aromatic N) is 1. The third kappa shape index (κ3) is 3.22. The van der Waals surface area contributed by atoms with Gasteiger partial charge in [-0.05, 0) is 32.9 Å². The fraction of sp³-hybridized carbons (Fsp3) is 0.923. The van der Waals surface area contributed by atoms with Gasteiger partial charge in [0.2, 0.25) is 0 Å². The molecule has 0 amide bonds. The van der Waals surface area contributed by atoms with Gasteiger partial charge in [-0.15, -0.1) is 0 Å². The average Bonchev–Trinajstić information content (AvgIpc) is 2.84. The molecular formula is C13H26N2O3. The zero-order valence-electron chi connectivity index (χ0n) is 12.0. The minimum Gasteiger partial charge on any atom is -0.468 e. The van der Waals surface area contributed by atoms with Gasteiger partial charge in [0.05, 0.1) is 13.7 Å². The van der Waals surface area contributed by atoms with Crippen LogP contribution in [0.15, 0.2) is 0 Å². The minimum atomic E-state index is -0.500. The van der Waals surface area contributed by atoms with Crippen molar-refractivity contribution in [3.8, 4) is 0 Å². The van der Waals surface area contributed by atoms with Gasteiger partial charge in [0.15, 0.2) is 0 Å². The molecule has 0 aromatic rings. The largest absolute Gasteiger partial charge is 0.468 e. The Morgan fingerprint density at radius 3 is 2.72 bits per heavy atom. The van der Waals surface area contributed by atoms with Crippen molar-refractivity contribution in [2.24, 2.45) is 0 Å². The molecule has 18 heavy (non-hydrogen) atoms. The molecule has 1 N–H and O–H groups in total. The van der Waals surface area contributed by atoms with E-state index >= 15 is 0 Å². The topological polar surface area (TPSA) is 50.8 Å². The van der Waals surface area contributed by atoms with Crippen LogP contribution in [0.4, 0.5) is 0 Å². The van der Waals surface area contributed by atoms with E-state index in [9.17, 15) is 4.79 Å². The van der Waals surface area contributed by atoms with Gasteiger partial charge in [0.1, 0.15) is 5.54 Å². The molecule has 1 aliphatic carbocycles. The van der Waals surface area contributed by atoms with Crippen LogP contribution >= 0.6 is 0 Å². The molecule has 0 aromatic carbocycles. The van der Waals surface area contributed by atoms with E-state index in [0.29, 0.717) is 6.04 Å². The van der Waals surface area contributed by atoms with E-state index in [1.807, 2.05) is 7.05 Å². The first kappa shape index (κ1) is 15.4. The lowest BCUT2D eigenvalue weighted by atomic mass is 9.97. The molecule has 2 unspecified atom stereocenters. The van der Waals surface area contributed by atoms with Crippen LogP contribution in [-0.4, -0.2) is 63.4 Å². The highest BCUT2D eigenvalue weighted by Crippen LogP contribution is 2.33. The standard InChI is InChI=1S/C13H26N2O3/c1-5-15(8-9-17-3)11-6-7-13(10-11,14-2)12(16)18-4/h11,14H,5-10H2,1-4H3. The van der Waals surface area contributed by atoms with E-state index < -0.39 is 5.54 Å². The van der Waals surface area contributed by atoms with Crippen LogP contribution in [0.1, 0.15) is 26.2 Å². The molecule has 0 saturated heterocycles. The van der Waals surface area contributed by atoms with E-state index in [0.717, 1.165) is 39.0 Å². The smallest absolute Gasteiger partial charge is 0.326 e. The summed E-state index contributed by atoms with van der Waals surface area (Å²) in [6.45, 7) is 4.77. The van der Waals surface area contributed by atoms with Gasteiger partial charge < -0.3 is 14.8 Å². The Labute approximate surface area is 110 Å². The summed E-state index contributed by atoms with van der Waals surface area (Å²) in [5.74, 6) is -0.143. The summed E-state index contributed by atoms with van der Waals surface area (Å²) in [6.07, 6.45) is 2.67. The molecule has 1 aliphatic rings. The lowest BCUT2D eigenvalue weighted by molar-refractivity contribution is -0.148. The van der Waals surface area contributed by atoms with Crippen LogP contribution in [0.25, 0.3) is 0 Å². The molecule has 1 rings (SSSR count). The molecular weight excluding hydrogens is 232 g/mol. The maximum absolute atomic E-state index is 11.9. The summed E-state index contributed by atoms with van der Waals surface area (Å²) < 4.78 is 10.1. The van der Waals surface area contributed by atoms with Crippen molar-refractivity contribution in [3.05, 3.63) is 0 Å². The SMILES string of the molecule is CCN(CCOC)C1CCC(NC)(C(=O)OC)C1. The Balaban J connectivity index is 2.64. The van der Waals surface area contributed by atoms with E-state index in [1.54, 1.807) is 7.11 Å². The summed E-state index contributed by atoms with van der Waals surface area (Å²) >= 11 is 0. The maximum atomic E-state index is 11.9. The number of hydrogen-bond donors (Lipinski definition) is 1. The van der Waals surface area contributed by atoms with E-state index in [2.05, 4.69) is 17.1 Å². The summed E-state index contributed by atoms with van der Waals surface area (Å²) in [6, 6.07) is 0.427. The third-order valence-corrected chi connectivity index (χ3v) is 4.05. The molecule has 0 bridgehead atoms. The molecule has 1 saturated carbocycles. The number of methoxy groups -OCH3 is 2. The number of hydrogen-bond acceptors (Lipinski definition) is 5. The predicted molar refractivity (Wildman–Crippen MR) is 70.6 cm³/mol. The van der Waals surface area contributed by atoms with Crippen molar-refractivity contribution in [1.29, 1.82) is 0 Å². The second-order valence-corrected chi connectivity index (χ2v) is 4.84. The third-order valence-electron chi connectivity index (χ3n) is 4.05. The van der Waals surface area contributed by atoms with Crippen molar-refractivity contribution < 1.29 is 14.3 Å². The fourth-order valence-corrected chi connectivity index (χ4v) is 2.85. The fourth-order valence-electron chi connectivity index (χ4n) is 2.85. The van der Waals surface area contributed by atoms with Crippen LogP contribution in [-0.2, 0) is 14.3 Å². The first-order chi connectivity index (χ1) is 8.63. The van der Waals surface area contributed by atoms with Crippen molar-refractivity contribution >= 4 is 5.97 Å². The van der Waals surface area contributed by atoms with Crippen LogP contribution < -0.4 is 5.32 Å². The number of nitrogens with one attached hydrogen (secondary N) is 1. The van der Waals surface area contributed by atoms with E-state index in [1.165, 1.54) is 7.11 Å². The van der Waals surface area contributed by atoms with Crippen LogP contribution in [0.2, 0.25) is 0 Å². The van der Waals surface area contributed by atoms with Gasteiger partial charge in [0.25, 0.3) is 0 Å². The number of carbonyl (C=O) groups excluding carboxylic acids is 1. The lowest BCUT2D eigenvalue weighted by Crippen LogP contribution is -2.50. The van der Waals surface area contributed by atoms with E-state index in [4.69, 9.17) is 9.47 Å². The second-order valence-electron chi connectivity index (χ2n) is 4.84. The van der Waals surface area contributed by atoms with Gasteiger partial charge in [0, 0.05) is 19.7 Å². The average molecular weight is 258 g/mol. The molecule has 0 spiro atoms. The number of rotatable bonds is 7. The minimum absolute atomic E-state index is 0.143. The zero-order chi connectivity index (χ0) is 13.6. The normalized spacial score (nSPS) is 27.7. The number of esters is 1. The quantitative estimate of drug-likeness (QED) is 0.679. The molecule has 5 heteroatoms. The molecule has 0 aromatic heterocycles. The number of likely N-dealkylation sites (N-methyl/N-ethyl adjacent to an activating group) is 2. The summed E-state index contributed by atoms with van der Waals surface area (Å²) in [7, 11) is 5.01. The summed E-state index contributed by atoms with van der Waals surface area (Å²) in [4.78, 5) is 14.3. The highest BCUT2D eigenvalue weighted by atomic mass is 16.5. The Kier molecular flexibility index (Phi) is 6.05. The molecule has 0 radical (unpaired) electrons. The number of ether oxygens (including phenoxy) is 2. The highest BCUT2D eigenvalue weighted by molar-refractivity contribution is 5.81. The van der Waals surface area contributed by atoms with Crippen molar-refractivity contribution in [1.82, 2.24) is 10.2 Å². The zero-order valence-corrected chi connectivity index (χ0v) is 12.0. The highest BCUT2D eigenvalue weighted by Gasteiger charge is 2.46. The molecule has 1 fully saturated rings. The Morgan fingerprint density at radius 2 is 2.22 bits per heavy atom. The monoisotopic (exact) mass is 258 g/mol. The van der Waals surface area contributed by atoms with Gasteiger partial charge in [-0.25, -0.2) is 0 Å². The first-order valence-corrected chi connectivity index (χ1v) is 6.63. The van der Waals surface area contributed by atoms with Crippen LogP contribution in [0, 0.1) is 0 Å². The van der Waals surface area contributed by atoms with Crippen molar-refractivity contribution in [3.63, 3.8) is 0 Å². The van der Waals surface area contributed by atoms with Gasteiger partial charge in [-0.2, -0.15) is 0 Å². The van der Waals surface area contributed by atoms with Gasteiger partial charge in [-0.3, -0.25) is 9.69 Å². The summed E-state index contributed by atoms with van der Waals surface area (Å²) in [5, 5.41) is 3.16. The molecule has 106 valence electrons. The lowest BCUT2D eigenvalue weighted by Gasteiger charge is -2.30. The Bertz CT molecular complexity index is 273. The first-order valence-electron chi connectivity index (χ1n) is 6.63. The molecule has 5 nitrogen and oxygen atoms in total. The Morgan fingerprint density at radius 1 is 1.50 bits per heavy atom. The van der Waals surface area contributed by atoms with Crippen LogP contribution in [0.3, 0.4) is 0 Å². The maximum Gasteiger partial charge on any atom is 0.326 e.